The summed E-state index contributed by atoms with van der Waals surface area (Å²) in [5.74, 6) is 0.107. The van der Waals surface area contributed by atoms with Gasteiger partial charge in [0.15, 0.2) is 5.13 Å². The summed E-state index contributed by atoms with van der Waals surface area (Å²) in [6.07, 6.45) is 1.15. The number of anilines is 1. The first-order valence-corrected chi connectivity index (χ1v) is 8.62. The Kier molecular flexibility index (Phi) is 4.33. The van der Waals surface area contributed by atoms with E-state index < -0.39 is 0 Å². The zero-order valence-electron chi connectivity index (χ0n) is 13.1. The van der Waals surface area contributed by atoms with Gasteiger partial charge in [0.25, 0.3) is 0 Å². The summed E-state index contributed by atoms with van der Waals surface area (Å²) < 4.78 is 0. The minimum atomic E-state index is -0.127. The molecule has 0 saturated carbocycles. The van der Waals surface area contributed by atoms with Gasteiger partial charge in [-0.2, -0.15) is 0 Å². The molecule has 0 spiro atoms. The van der Waals surface area contributed by atoms with Crippen LogP contribution in [-0.2, 0) is 9.59 Å². The highest BCUT2D eigenvalue weighted by Gasteiger charge is 2.33. The molecule has 3 heterocycles. The Hall–Kier alpha value is -1.63. The number of carbonyl (C=O) groups is 2. The summed E-state index contributed by atoms with van der Waals surface area (Å²) in [5.41, 5.74) is 1.04. The van der Waals surface area contributed by atoms with Crippen LogP contribution in [0.4, 0.5) is 5.13 Å². The van der Waals surface area contributed by atoms with Gasteiger partial charge in [-0.1, -0.05) is 0 Å². The Morgan fingerprint density at radius 2 is 2.00 bits per heavy atom. The fourth-order valence-electron chi connectivity index (χ4n) is 3.02. The van der Waals surface area contributed by atoms with E-state index in [1.807, 2.05) is 11.8 Å². The highest BCUT2D eigenvalue weighted by molar-refractivity contribution is 7.13. The van der Waals surface area contributed by atoms with E-state index in [2.05, 4.69) is 15.3 Å². The number of piperazine rings is 1. The molecular formula is C15H22N4O2S. The second-order valence-corrected chi connectivity index (χ2v) is 6.93. The number of thiazole rings is 1. The number of likely N-dealkylation sites (tertiary alicyclic amines) is 1. The van der Waals surface area contributed by atoms with Crippen LogP contribution in [0.2, 0.25) is 0 Å². The van der Waals surface area contributed by atoms with Crippen LogP contribution in [0, 0.1) is 12.8 Å². The molecule has 2 amide bonds. The molecule has 3 rings (SSSR count). The van der Waals surface area contributed by atoms with Crippen molar-refractivity contribution < 1.29 is 9.59 Å². The largest absolute Gasteiger partial charge is 0.346 e. The summed E-state index contributed by atoms with van der Waals surface area (Å²) in [5, 5.41) is 3.09. The van der Waals surface area contributed by atoms with Gasteiger partial charge >= 0.3 is 0 Å². The first-order chi connectivity index (χ1) is 10.5. The van der Waals surface area contributed by atoms with Crippen molar-refractivity contribution >= 4 is 28.3 Å². The number of rotatable bonds is 2. The average Bonchev–Trinajstić information content (AvgIpc) is 2.96. The number of aromatic nitrogens is 1. The molecule has 22 heavy (non-hydrogen) atoms. The summed E-state index contributed by atoms with van der Waals surface area (Å²) in [4.78, 5) is 34.7. The lowest BCUT2D eigenvalue weighted by atomic mass is 9.95. The van der Waals surface area contributed by atoms with Crippen LogP contribution in [0.3, 0.4) is 0 Å². The van der Waals surface area contributed by atoms with Crippen LogP contribution in [-0.4, -0.2) is 66.4 Å². The summed E-state index contributed by atoms with van der Waals surface area (Å²) >= 11 is 1.66. The number of piperidine rings is 1. The predicted molar refractivity (Wildman–Crippen MR) is 86.0 cm³/mol. The van der Waals surface area contributed by atoms with Crippen molar-refractivity contribution in [2.24, 2.45) is 5.92 Å². The van der Waals surface area contributed by atoms with Gasteiger partial charge < -0.3 is 14.7 Å². The average molecular weight is 322 g/mol. The van der Waals surface area contributed by atoms with Crippen molar-refractivity contribution in [1.29, 1.82) is 0 Å². The van der Waals surface area contributed by atoms with E-state index in [0.717, 1.165) is 43.4 Å². The van der Waals surface area contributed by atoms with E-state index in [1.165, 1.54) is 0 Å². The second-order valence-electron chi connectivity index (χ2n) is 6.09. The van der Waals surface area contributed by atoms with Gasteiger partial charge in [0.05, 0.1) is 5.69 Å². The van der Waals surface area contributed by atoms with Gasteiger partial charge in [-0.15, -0.1) is 11.3 Å². The Morgan fingerprint density at radius 3 is 2.59 bits per heavy atom. The van der Waals surface area contributed by atoms with Crippen molar-refractivity contribution in [3.8, 4) is 0 Å². The lowest BCUT2D eigenvalue weighted by Gasteiger charge is -2.37. The molecule has 2 saturated heterocycles. The van der Waals surface area contributed by atoms with Crippen LogP contribution in [0.1, 0.15) is 18.5 Å². The Morgan fingerprint density at radius 1 is 1.27 bits per heavy atom. The number of aryl methyl sites for hydroxylation is 1. The van der Waals surface area contributed by atoms with E-state index in [-0.39, 0.29) is 17.7 Å². The van der Waals surface area contributed by atoms with E-state index in [1.54, 1.807) is 23.3 Å². The Balaban J connectivity index is 1.55. The maximum Gasteiger partial charge on any atom is 0.226 e. The van der Waals surface area contributed by atoms with Gasteiger partial charge in [-0.3, -0.25) is 9.59 Å². The lowest BCUT2D eigenvalue weighted by molar-refractivity contribution is -0.144. The standard InChI is InChI=1S/C15H22N4O2S/c1-11-10-22-15(16-11)19-7-5-18(6-8-19)14(21)12-3-4-17(2)13(20)9-12/h10,12H,3-9H2,1-2H3/t12-/m1/s1. The molecule has 0 bridgehead atoms. The van der Waals surface area contributed by atoms with Crippen LogP contribution in [0.15, 0.2) is 5.38 Å². The minimum absolute atomic E-state index is 0.0847. The number of amides is 2. The van der Waals surface area contributed by atoms with Gasteiger partial charge in [-0.25, -0.2) is 4.98 Å². The maximum absolute atomic E-state index is 12.6. The number of carbonyl (C=O) groups excluding carboxylic acids is 2. The van der Waals surface area contributed by atoms with Gasteiger partial charge in [0.1, 0.15) is 0 Å². The fourth-order valence-corrected chi connectivity index (χ4v) is 3.87. The number of nitrogens with zero attached hydrogens (tertiary/aromatic N) is 4. The summed E-state index contributed by atoms with van der Waals surface area (Å²) in [6.45, 7) is 5.76. The van der Waals surface area contributed by atoms with Crippen LogP contribution in [0.5, 0.6) is 0 Å². The molecule has 0 aliphatic carbocycles. The molecule has 0 N–H and O–H groups in total. The maximum atomic E-state index is 12.6. The molecule has 6 nitrogen and oxygen atoms in total. The van der Waals surface area contributed by atoms with Crippen LogP contribution >= 0.6 is 11.3 Å². The molecule has 0 unspecified atom stereocenters. The topological polar surface area (TPSA) is 56.8 Å². The van der Waals surface area contributed by atoms with Crippen LogP contribution < -0.4 is 4.90 Å². The van der Waals surface area contributed by atoms with Crippen LogP contribution in [0.25, 0.3) is 0 Å². The van der Waals surface area contributed by atoms with E-state index >= 15 is 0 Å². The van der Waals surface area contributed by atoms with Crippen molar-refractivity contribution in [1.82, 2.24) is 14.8 Å². The first-order valence-electron chi connectivity index (χ1n) is 7.74. The third-order valence-corrected chi connectivity index (χ3v) is 5.50. The normalized spacial score (nSPS) is 23.1. The molecule has 1 aromatic rings. The van der Waals surface area contributed by atoms with Crippen molar-refractivity contribution in [2.45, 2.75) is 19.8 Å². The summed E-state index contributed by atoms with van der Waals surface area (Å²) in [7, 11) is 1.80. The van der Waals surface area contributed by atoms with Gasteiger partial charge in [0, 0.05) is 57.5 Å². The Bertz CT molecular complexity index is 566. The van der Waals surface area contributed by atoms with E-state index in [0.29, 0.717) is 13.0 Å². The molecule has 7 heteroatoms. The van der Waals surface area contributed by atoms with Gasteiger partial charge in [-0.05, 0) is 13.3 Å². The quantitative estimate of drug-likeness (QED) is 0.814. The van der Waals surface area contributed by atoms with Crippen molar-refractivity contribution in [3.05, 3.63) is 11.1 Å². The second kappa shape index (κ2) is 6.24. The van der Waals surface area contributed by atoms with Crippen molar-refractivity contribution in [3.63, 3.8) is 0 Å². The fraction of sp³-hybridized carbons (Fsp3) is 0.667. The third kappa shape index (κ3) is 3.09. The monoisotopic (exact) mass is 322 g/mol. The number of hydrogen-bond donors (Lipinski definition) is 0. The molecule has 1 atom stereocenters. The molecule has 120 valence electrons. The molecular weight excluding hydrogens is 300 g/mol. The summed E-state index contributed by atoms with van der Waals surface area (Å²) in [6, 6.07) is 0. The minimum Gasteiger partial charge on any atom is -0.346 e. The zero-order valence-corrected chi connectivity index (χ0v) is 13.9. The highest BCUT2D eigenvalue weighted by atomic mass is 32.1. The number of hydrogen-bond acceptors (Lipinski definition) is 5. The zero-order chi connectivity index (χ0) is 15.7. The third-order valence-electron chi connectivity index (χ3n) is 4.48. The molecule has 1 aromatic heterocycles. The molecule has 0 aromatic carbocycles. The lowest BCUT2D eigenvalue weighted by Crippen LogP contribution is -2.52. The predicted octanol–water partition coefficient (Wildman–Crippen LogP) is 0.969. The Labute approximate surface area is 134 Å². The van der Waals surface area contributed by atoms with Gasteiger partial charge in [0.2, 0.25) is 11.8 Å². The van der Waals surface area contributed by atoms with E-state index in [4.69, 9.17) is 0 Å². The van der Waals surface area contributed by atoms with E-state index in [9.17, 15) is 9.59 Å². The molecule has 0 radical (unpaired) electrons. The SMILES string of the molecule is Cc1csc(N2CCN(C(=O)[C@@H]3CCN(C)C(=O)C3)CC2)n1. The molecule has 2 aliphatic heterocycles. The van der Waals surface area contributed by atoms with Crippen molar-refractivity contribution in [2.75, 3.05) is 44.7 Å². The first kappa shape index (κ1) is 15.3. The highest BCUT2D eigenvalue weighted by Crippen LogP contribution is 2.24. The molecule has 2 aliphatic rings. The molecule has 2 fully saturated rings. The smallest absolute Gasteiger partial charge is 0.226 e.